The Morgan fingerprint density at radius 3 is 2.16 bits per heavy atom. The molecule has 0 aliphatic carbocycles. The van der Waals surface area contributed by atoms with E-state index in [0.717, 1.165) is 28.8 Å². The van der Waals surface area contributed by atoms with Gasteiger partial charge in [-0.2, -0.15) is 18.4 Å². The Labute approximate surface area is 173 Å². The van der Waals surface area contributed by atoms with Crippen molar-refractivity contribution in [1.82, 2.24) is 9.55 Å². The number of hydrogen-bond donors (Lipinski definition) is 1. The van der Waals surface area contributed by atoms with E-state index < -0.39 is 34.6 Å². The number of nitrogens with zero attached hydrogens (tertiary/aromatic N) is 2. The van der Waals surface area contributed by atoms with Gasteiger partial charge in [-0.15, -0.1) is 0 Å². The van der Waals surface area contributed by atoms with Gasteiger partial charge in [0.25, 0.3) is 5.56 Å². The van der Waals surface area contributed by atoms with E-state index in [9.17, 15) is 32.4 Å². The zero-order valence-corrected chi connectivity index (χ0v) is 16.5. The molecule has 0 aliphatic heterocycles. The van der Waals surface area contributed by atoms with Gasteiger partial charge < -0.3 is 9.72 Å². The maximum atomic E-state index is 14.6. The van der Waals surface area contributed by atoms with Gasteiger partial charge in [0.05, 0.1) is 11.3 Å². The Balaban J connectivity index is 2.21. The lowest BCUT2D eigenvalue weighted by atomic mass is 10.1. The van der Waals surface area contributed by atoms with Gasteiger partial charge in [-0.3, -0.25) is 4.79 Å². The molecule has 2 aromatic carbocycles. The number of H-pyrrole nitrogens is 1. The summed E-state index contributed by atoms with van der Waals surface area (Å²) < 4.78 is 59.1. The standard InChI is InChI=1S/C21H15F4N3O3/c1-10-4-11(2)19(12(3)5-10)31-16-7-15(14(22)6-13(16)9-26)28-18(29)8-17(21(23,24)25)27-20(28)30/h4-8H,1-3H3,(H,27,30). The molecular weight excluding hydrogens is 418 g/mol. The van der Waals surface area contributed by atoms with Crippen LogP contribution < -0.4 is 16.0 Å². The maximum absolute atomic E-state index is 14.6. The highest BCUT2D eigenvalue weighted by Crippen LogP contribution is 2.33. The molecule has 160 valence electrons. The van der Waals surface area contributed by atoms with E-state index in [1.165, 1.54) is 4.98 Å². The third kappa shape index (κ3) is 4.21. The molecule has 0 atom stereocenters. The van der Waals surface area contributed by atoms with E-state index >= 15 is 0 Å². The molecule has 3 aromatic rings. The van der Waals surface area contributed by atoms with E-state index in [1.807, 2.05) is 19.1 Å². The number of aromatic nitrogens is 2. The summed E-state index contributed by atoms with van der Waals surface area (Å²) in [4.78, 5) is 25.9. The van der Waals surface area contributed by atoms with E-state index in [4.69, 9.17) is 4.74 Å². The van der Waals surface area contributed by atoms with Crippen LogP contribution in [0.15, 0.2) is 39.9 Å². The highest BCUT2D eigenvalue weighted by Gasteiger charge is 2.33. The molecular formula is C21H15F4N3O3. The Morgan fingerprint density at radius 1 is 1.03 bits per heavy atom. The van der Waals surface area contributed by atoms with Gasteiger partial charge >= 0.3 is 11.9 Å². The fourth-order valence-electron chi connectivity index (χ4n) is 3.20. The molecule has 1 aromatic heterocycles. The van der Waals surface area contributed by atoms with Crippen LogP contribution in [-0.4, -0.2) is 9.55 Å². The number of ether oxygens (including phenoxy) is 1. The zero-order chi connectivity index (χ0) is 23.1. The van der Waals surface area contributed by atoms with Crippen molar-refractivity contribution in [3.8, 4) is 23.3 Å². The SMILES string of the molecule is Cc1cc(C)c(Oc2cc(-n3c(=O)cc(C(F)(F)F)[nH]c3=O)c(F)cc2C#N)c(C)c1. The molecule has 0 saturated heterocycles. The molecule has 6 nitrogen and oxygen atoms in total. The molecule has 0 bridgehead atoms. The minimum atomic E-state index is -4.96. The van der Waals surface area contributed by atoms with Crippen molar-refractivity contribution >= 4 is 0 Å². The monoisotopic (exact) mass is 433 g/mol. The summed E-state index contributed by atoms with van der Waals surface area (Å²) in [6.45, 7) is 5.40. The number of rotatable bonds is 3. The second-order valence-corrected chi connectivity index (χ2v) is 6.90. The summed E-state index contributed by atoms with van der Waals surface area (Å²) in [6, 6.07) is 7.22. The van der Waals surface area contributed by atoms with Gasteiger partial charge in [-0.25, -0.2) is 13.8 Å². The number of benzene rings is 2. The fraction of sp³-hybridized carbons (Fsp3) is 0.190. The quantitative estimate of drug-likeness (QED) is 0.625. The molecule has 0 saturated carbocycles. The normalized spacial score (nSPS) is 11.3. The zero-order valence-electron chi connectivity index (χ0n) is 16.5. The second kappa shape index (κ2) is 7.75. The predicted molar refractivity (Wildman–Crippen MR) is 103 cm³/mol. The van der Waals surface area contributed by atoms with Crippen LogP contribution in [-0.2, 0) is 6.18 Å². The van der Waals surface area contributed by atoms with Gasteiger partial charge in [-0.05, 0) is 38.0 Å². The minimum absolute atomic E-state index is 0.147. The summed E-state index contributed by atoms with van der Waals surface area (Å²) in [5, 5.41) is 9.34. The average Bonchev–Trinajstić information content (AvgIpc) is 2.64. The lowest BCUT2D eigenvalue weighted by Gasteiger charge is -2.16. The number of nitrogens with one attached hydrogen (secondary N) is 1. The molecule has 0 unspecified atom stereocenters. The molecule has 1 N–H and O–H groups in total. The Hall–Kier alpha value is -3.87. The number of alkyl halides is 3. The third-order valence-corrected chi connectivity index (χ3v) is 4.47. The first kappa shape index (κ1) is 21.8. The van der Waals surface area contributed by atoms with Gasteiger partial charge in [0.1, 0.15) is 29.1 Å². The summed E-state index contributed by atoms with van der Waals surface area (Å²) in [7, 11) is 0. The van der Waals surface area contributed by atoms with Crippen molar-refractivity contribution in [3.05, 3.63) is 84.9 Å². The van der Waals surface area contributed by atoms with Crippen molar-refractivity contribution < 1.29 is 22.3 Å². The highest BCUT2D eigenvalue weighted by molar-refractivity contribution is 5.54. The van der Waals surface area contributed by atoms with E-state index in [0.29, 0.717) is 5.75 Å². The number of aromatic amines is 1. The largest absolute Gasteiger partial charge is 0.455 e. The molecule has 0 fully saturated rings. The van der Waals surface area contributed by atoms with Gasteiger partial charge in [0, 0.05) is 12.1 Å². The van der Waals surface area contributed by atoms with Gasteiger partial charge in [0.15, 0.2) is 0 Å². The van der Waals surface area contributed by atoms with Gasteiger partial charge in [0.2, 0.25) is 0 Å². The molecule has 0 amide bonds. The number of halogens is 4. The fourth-order valence-corrected chi connectivity index (χ4v) is 3.20. The number of nitriles is 1. The second-order valence-electron chi connectivity index (χ2n) is 6.90. The van der Waals surface area contributed by atoms with Crippen LogP contribution in [0.5, 0.6) is 11.5 Å². The first-order valence-corrected chi connectivity index (χ1v) is 8.85. The minimum Gasteiger partial charge on any atom is -0.455 e. The van der Waals surface area contributed by atoms with Crippen molar-refractivity contribution in [2.75, 3.05) is 0 Å². The number of hydrogen-bond acceptors (Lipinski definition) is 4. The Morgan fingerprint density at radius 2 is 1.65 bits per heavy atom. The van der Waals surface area contributed by atoms with Crippen molar-refractivity contribution in [2.24, 2.45) is 0 Å². The van der Waals surface area contributed by atoms with Crippen LogP contribution >= 0.6 is 0 Å². The van der Waals surface area contributed by atoms with Crippen LogP contribution in [0.2, 0.25) is 0 Å². The van der Waals surface area contributed by atoms with Crippen molar-refractivity contribution in [3.63, 3.8) is 0 Å². The first-order chi connectivity index (χ1) is 14.4. The van der Waals surface area contributed by atoms with E-state index in [-0.39, 0.29) is 21.9 Å². The topological polar surface area (TPSA) is 87.9 Å². The van der Waals surface area contributed by atoms with Crippen LogP contribution in [0.3, 0.4) is 0 Å². The first-order valence-electron chi connectivity index (χ1n) is 8.85. The van der Waals surface area contributed by atoms with Crippen molar-refractivity contribution in [2.45, 2.75) is 26.9 Å². The summed E-state index contributed by atoms with van der Waals surface area (Å²) in [6.07, 6.45) is -4.96. The summed E-state index contributed by atoms with van der Waals surface area (Å²) in [5.41, 5.74) is -2.92. The number of aryl methyl sites for hydroxylation is 3. The molecule has 1 heterocycles. The predicted octanol–water partition coefficient (Wildman–Crippen LogP) is 4.27. The summed E-state index contributed by atoms with van der Waals surface area (Å²) in [5.74, 6) is -0.943. The molecule has 31 heavy (non-hydrogen) atoms. The molecule has 0 spiro atoms. The molecule has 10 heteroatoms. The molecule has 0 radical (unpaired) electrons. The Kier molecular flexibility index (Phi) is 5.46. The van der Waals surface area contributed by atoms with Gasteiger partial charge in [-0.1, -0.05) is 17.7 Å². The smallest absolute Gasteiger partial charge is 0.431 e. The van der Waals surface area contributed by atoms with Crippen LogP contribution in [0.1, 0.15) is 27.9 Å². The molecule has 0 aliphatic rings. The highest BCUT2D eigenvalue weighted by atomic mass is 19.4. The van der Waals surface area contributed by atoms with Crippen molar-refractivity contribution in [1.29, 1.82) is 5.26 Å². The third-order valence-electron chi connectivity index (χ3n) is 4.47. The lowest BCUT2D eigenvalue weighted by molar-refractivity contribution is -0.141. The summed E-state index contributed by atoms with van der Waals surface area (Å²) >= 11 is 0. The Bertz CT molecular complexity index is 1290. The maximum Gasteiger partial charge on any atom is 0.431 e. The van der Waals surface area contributed by atoms with Crippen LogP contribution in [0.4, 0.5) is 17.6 Å². The lowest BCUT2D eigenvalue weighted by Crippen LogP contribution is -2.36. The van der Waals surface area contributed by atoms with E-state index in [2.05, 4.69) is 0 Å². The van der Waals surface area contributed by atoms with E-state index in [1.54, 1.807) is 19.9 Å². The molecule has 3 rings (SSSR count). The average molecular weight is 433 g/mol. The van der Waals surface area contributed by atoms with Crippen LogP contribution in [0.25, 0.3) is 5.69 Å². The van der Waals surface area contributed by atoms with Crippen LogP contribution in [0, 0.1) is 37.9 Å².